The molecule has 5 nitrogen and oxygen atoms in total. The lowest BCUT2D eigenvalue weighted by Crippen LogP contribution is -2.08. The van der Waals surface area contributed by atoms with Gasteiger partial charge in [0.15, 0.2) is 5.16 Å². The molecule has 0 saturated heterocycles. The number of hydrogen-bond acceptors (Lipinski definition) is 5. The maximum atomic E-state index is 11.1. The van der Waals surface area contributed by atoms with E-state index in [-0.39, 0.29) is 11.7 Å². The van der Waals surface area contributed by atoms with E-state index in [9.17, 15) is 4.79 Å². The van der Waals surface area contributed by atoms with E-state index in [0.717, 1.165) is 5.16 Å². The highest BCUT2D eigenvalue weighted by molar-refractivity contribution is 7.99. The number of thioether (sulfide) groups is 1. The number of ether oxygens (including phenoxy) is 1. The van der Waals surface area contributed by atoms with Gasteiger partial charge >= 0.3 is 5.97 Å². The number of esters is 1. The average Bonchev–Trinajstić information content (AvgIpc) is 2.63. The van der Waals surface area contributed by atoms with Gasteiger partial charge in [-0.3, -0.25) is 4.79 Å². The van der Waals surface area contributed by atoms with Crippen molar-refractivity contribution in [3.63, 3.8) is 0 Å². The van der Waals surface area contributed by atoms with Crippen LogP contribution in [0.1, 0.15) is 26.8 Å². The molecule has 1 aromatic rings. The second-order valence-electron chi connectivity index (χ2n) is 3.21. The van der Waals surface area contributed by atoms with Crippen LogP contribution < -0.4 is 0 Å². The third-order valence-corrected chi connectivity index (χ3v) is 2.65. The zero-order valence-electron chi connectivity index (χ0n) is 9.14. The monoisotopic (exact) mass is 229 g/mol. The molecular weight excluding hydrogens is 214 g/mol. The molecule has 0 radical (unpaired) electrons. The van der Waals surface area contributed by atoms with Gasteiger partial charge in [-0.25, -0.2) is 0 Å². The lowest BCUT2D eigenvalue weighted by molar-refractivity contribution is -0.139. The molecule has 15 heavy (non-hydrogen) atoms. The van der Waals surface area contributed by atoms with Crippen LogP contribution in [-0.2, 0) is 9.53 Å². The first-order valence-corrected chi connectivity index (χ1v) is 5.81. The van der Waals surface area contributed by atoms with Crippen molar-refractivity contribution in [1.82, 2.24) is 14.8 Å². The highest BCUT2D eigenvalue weighted by atomic mass is 32.2. The molecule has 0 saturated carbocycles. The van der Waals surface area contributed by atoms with Crippen molar-refractivity contribution in [2.45, 2.75) is 32.0 Å². The number of aromatic nitrogens is 3. The molecule has 0 atom stereocenters. The third-order valence-electron chi connectivity index (χ3n) is 1.72. The van der Waals surface area contributed by atoms with Gasteiger partial charge < -0.3 is 9.30 Å². The Morgan fingerprint density at radius 1 is 1.67 bits per heavy atom. The summed E-state index contributed by atoms with van der Waals surface area (Å²) < 4.78 is 6.74. The zero-order valence-corrected chi connectivity index (χ0v) is 9.95. The van der Waals surface area contributed by atoms with Crippen LogP contribution in [0.15, 0.2) is 11.5 Å². The zero-order chi connectivity index (χ0) is 11.3. The Bertz CT molecular complexity index is 325. The van der Waals surface area contributed by atoms with E-state index in [2.05, 4.69) is 10.2 Å². The second kappa shape index (κ2) is 5.75. The van der Waals surface area contributed by atoms with Crippen LogP contribution >= 0.6 is 11.8 Å². The summed E-state index contributed by atoms with van der Waals surface area (Å²) in [5.41, 5.74) is 0. The summed E-state index contributed by atoms with van der Waals surface area (Å²) in [6.45, 7) is 6.28. The first-order valence-electron chi connectivity index (χ1n) is 4.83. The molecule has 84 valence electrons. The molecule has 1 heterocycles. The summed E-state index contributed by atoms with van der Waals surface area (Å²) in [4.78, 5) is 11.1. The molecule has 0 unspecified atom stereocenters. The normalized spacial score (nSPS) is 10.7. The number of hydrogen-bond donors (Lipinski definition) is 0. The van der Waals surface area contributed by atoms with Crippen molar-refractivity contribution in [1.29, 1.82) is 0 Å². The smallest absolute Gasteiger partial charge is 0.316 e. The number of carbonyl (C=O) groups excluding carboxylic acids is 1. The van der Waals surface area contributed by atoms with Gasteiger partial charge in [-0.15, -0.1) is 10.2 Å². The van der Waals surface area contributed by atoms with Gasteiger partial charge in [-0.1, -0.05) is 11.8 Å². The van der Waals surface area contributed by atoms with Gasteiger partial charge in [0.25, 0.3) is 0 Å². The Labute approximate surface area is 93.2 Å². The molecule has 0 bridgehead atoms. The van der Waals surface area contributed by atoms with Crippen LogP contribution in [0.2, 0.25) is 0 Å². The number of nitrogens with zero attached hydrogens (tertiary/aromatic N) is 3. The molecular formula is C9H15N3O2S. The lowest BCUT2D eigenvalue weighted by Gasteiger charge is -2.08. The van der Waals surface area contributed by atoms with Gasteiger partial charge in [0.05, 0.1) is 12.4 Å². The summed E-state index contributed by atoms with van der Waals surface area (Å²) in [5.74, 6) is 0.0556. The van der Waals surface area contributed by atoms with Crippen molar-refractivity contribution >= 4 is 17.7 Å². The fraction of sp³-hybridized carbons (Fsp3) is 0.667. The van der Waals surface area contributed by atoms with E-state index in [4.69, 9.17) is 4.74 Å². The Kier molecular flexibility index (Phi) is 4.61. The summed E-state index contributed by atoms with van der Waals surface area (Å²) in [7, 11) is 0. The minimum Gasteiger partial charge on any atom is -0.465 e. The van der Waals surface area contributed by atoms with Gasteiger partial charge in [0.2, 0.25) is 0 Å². The van der Waals surface area contributed by atoms with Crippen molar-refractivity contribution < 1.29 is 9.53 Å². The highest BCUT2D eigenvalue weighted by Gasteiger charge is 2.10. The van der Waals surface area contributed by atoms with Crippen LogP contribution in [0.3, 0.4) is 0 Å². The van der Waals surface area contributed by atoms with Crippen LogP contribution in [-0.4, -0.2) is 33.1 Å². The second-order valence-corrected chi connectivity index (χ2v) is 4.15. The molecule has 1 rings (SSSR count). The molecule has 0 aromatic carbocycles. The van der Waals surface area contributed by atoms with E-state index < -0.39 is 0 Å². The topological polar surface area (TPSA) is 57.0 Å². The molecule has 0 spiro atoms. The number of rotatable bonds is 5. The Morgan fingerprint density at radius 2 is 2.40 bits per heavy atom. The van der Waals surface area contributed by atoms with Gasteiger partial charge in [-0.05, 0) is 20.8 Å². The van der Waals surface area contributed by atoms with Crippen LogP contribution in [0.5, 0.6) is 0 Å². The minimum absolute atomic E-state index is 0.221. The largest absolute Gasteiger partial charge is 0.465 e. The van der Waals surface area contributed by atoms with Crippen molar-refractivity contribution in [3.05, 3.63) is 6.33 Å². The maximum Gasteiger partial charge on any atom is 0.316 e. The maximum absolute atomic E-state index is 11.1. The van der Waals surface area contributed by atoms with E-state index >= 15 is 0 Å². The van der Waals surface area contributed by atoms with Gasteiger partial charge in [-0.2, -0.15) is 0 Å². The average molecular weight is 229 g/mol. The van der Waals surface area contributed by atoms with Crippen molar-refractivity contribution in [2.24, 2.45) is 0 Å². The summed E-state index contributed by atoms with van der Waals surface area (Å²) >= 11 is 1.34. The van der Waals surface area contributed by atoms with Gasteiger partial charge in [0.1, 0.15) is 6.33 Å². The Morgan fingerprint density at radius 3 is 3.00 bits per heavy atom. The molecule has 6 heteroatoms. The van der Waals surface area contributed by atoms with E-state index in [1.807, 2.05) is 18.4 Å². The van der Waals surface area contributed by atoms with Crippen LogP contribution in [0.4, 0.5) is 0 Å². The third kappa shape index (κ3) is 3.54. The quantitative estimate of drug-likeness (QED) is 0.566. The minimum atomic E-state index is -0.221. The standard InChI is InChI=1S/C9H15N3O2S/c1-4-14-8(13)5-15-9-11-10-6-12(9)7(2)3/h6-7H,4-5H2,1-3H3. The van der Waals surface area contributed by atoms with E-state index in [1.165, 1.54) is 11.8 Å². The summed E-state index contributed by atoms with van der Waals surface area (Å²) in [5, 5.41) is 8.49. The first-order chi connectivity index (χ1) is 7.15. The van der Waals surface area contributed by atoms with Crippen molar-refractivity contribution in [3.8, 4) is 0 Å². The van der Waals surface area contributed by atoms with Crippen LogP contribution in [0, 0.1) is 0 Å². The molecule has 0 aliphatic heterocycles. The van der Waals surface area contributed by atoms with Gasteiger partial charge in [0, 0.05) is 6.04 Å². The SMILES string of the molecule is CCOC(=O)CSc1nncn1C(C)C. The Balaban J connectivity index is 2.50. The Hall–Kier alpha value is -1.04. The number of carbonyl (C=O) groups is 1. The summed E-state index contributed by atoms with van der Waals surface area (Å²) in [6, 6.07) is 0.296. The molecule has 1 aromatic heterocycles. The van der Waals surface area contributed by atoms with Crippen molar-refractivity contribution in [2.75, 3.05) is 12.4 Å². The predicted molar refractivity (Wildman–Crippen MR) is 57.8 cm³/mol. The molecule has 0 amide bonds. The molecule has 0 aliphatic rings. The molecule has 0 N–H and O–H groups in total. The fourth-order valence-corrected chi connectivity index (χ4v) is 1.86. The fourth-order valence-electron chi connectivity index (χ4n) is 1.02. The first kappa shape index (κ1) is 12.0. The predicted octanol–water partition coefficient (Wildman–Crippen LogP) is 1.51. The highest BCUT2D eigenvalue weighted by Crippen LogP contribution is 2.18. The van der Waals surface area contributed by atoms with Crippen LogP contribution in [0.25, 0.3) is 0 Å². The van der Waals surface area contributed by atoms with E-state index in [0.29, 0.717) is 12.6 Å². The molecule has 0 fully saturated rings. The lowest BCUT2D eigenvalue weighted by atomic mass is 10.4. The van der Waals surface area contributed by atoms with E-state index in [1.54, 1.807) is 13.3 Å². The molecule has 0 aliphatic carbocycles. The summed E-state index contributed by atoms with van der Waals surface area (Å²) in [6.07, 6.45) is 1.66.